The van der Waals surface area contributed by atoms with Gasteiger partial charge in [-0.05, 0) is 61.1 Å². The monoisotopic (exact) mass is 484 g/mol. The summed E-state index contributed by atoms with van der Waals surface area (Å²) in [5.74, 6) is 0.0273. The molecule has 0 radical (unpaired) electrons. The number of sulfone groups is 1. The summed E-state index contributed by atoms with van der Waals surface area (Å²) in [6, 6.07) is 12.6. The highest BCUT2D eigenvalue weighted by Crippen LogP contribution is 2.34. The lowest BCUT2D eigenvalue weighted by Gasteiger charge is -2.35. The van der Waals surface area contributed by atoms with Crippen LogP contribution in [0.3, 0.4) is 0 Å². The van der Waals surface area contributed by atoms with E-state index in [9.17, 15) is 13.2 Å². The lowest BCUT2D eigenvalue weighted by molar-refractivity contribution is 0.0604. The van der Waals surface area contributed by atoms with Crippen molar-refractivity contribution < 1.29 is 13.2 Å². The van der Waals surface area contributed by atoms with E-state index < -0.39 is 9.84 Å². The number of nitrogens with zero attached hydrogens (tertiary/aromatic N) is 4. The van der Waals surface area contributed by atoms with Gasteiger partial charge in [-0.15, -0.1) is 0 Å². The summed E-state index contributed by atoms with van der Waals surface area (Å²) in [6.07, 6.45) is 6.90. The standard InChI is InChI=1S/C24H25ClN4O3S/c25-19-8-6-17(7-9-19)23-14-21(27-29(23)20-10-13-33(31,32)16-20)24(30)28-12-2-1-5-22(28)18-4-3-11-26-15-18/h3-4,6-9,11,14-15,20,22H,1-2,5,10,12-13,16H2/t20?,22-/m0/s1. The average Bonchev–Trinajstić information content (AvgIpc) is 3.43. The van der Waals surface area contributed by atoms with Crippen molar-refractivity contribution in [3.05, 3.63) is 71.1 Å². The van der Waals surface area contributed by atoms with E-state index >= 15 is 0 Å². The quantitative estimate of drug-likeness (QED) is 0.550. The minimum atomic E-state index is -3.11. The first-order valence-corrected chi connectivity index (χ1v) is 13.4. The summed E-state index contributed by atoms with van der Waals surface area (Å²) in [5, 5.41) is 5.28. The van der Waals surface area contributed by atoms with Crippen LogP contribution >= 0.6 is 11.6 Å². The van der Waals surface area contributed by atoms with Gasteiger partial charge in [0.15, 0.2) is 15.5 Å². The van der Waals surface area contributed by atoms with Gasteiger partial charge in [-0.3, -0.25) is 14.5 Å². The maximum absolute atomic E-state index is 13.7. The summed E-state index contributed by atoms with van der Waals surface area (Å²) in [4.78, 5) is 19.8. The molecule has 2 saturated heterocycles. The Morgan fingerprint density at radius 2 is 1.91 bits per heavy atom. The molecule has 2 atom stereocenters. The maximum Gasteiger partial charge on any atom is 0.274 e. The zero-order valence-electron chi connectivity index (χ0n) is 18.1. The van der Waals surface area contributed by atoms with E-state index in [1.807, 2.05) is 35.4 Å². The highest BCUT2D eigenvalue weighted by molar-refractivity contribution is 7.91. The van der Waals surface area contributed by atoms with Crippen LogP contribution in [-0.4, -0.2) is 52.0 Å². The second-order valence-electron chi connectivity index (χ2n) is 8.72. The number of halogens is 1. The van der Waals surface area contributed by atoms with Crippen LogP contribution in [0.25, 0.3) is 11.3 Å². The summed E-state index contributed by atoms with van der Waals surface area (Å²) in [7, 11) is -3.11. The van der Waals surface area contributed by atoms with Crippen LogP contribution in [0.1, 0.15) is 53.8 Å². The fourth-order valence-electron chi connectivity index (χ4n) is 4.82. The molecule has 172 valence electrons. The summed E-state index contributed by atoms with van der Waals surface area (Å²) < 4.78 is 26.0. The predicted octanol–water partition coefficient (Wildman–Crippen LogP) is 4.33. The summed E-state index contributed by atoms with van der Waals surface area (Å²) in [6.45, 7) is 0.652. The normalized spacial score (nSPS) is 22.4. The van der Waals surface area contributed by atoms with Crippen LogP contribution in [0.5, 0.6) is 0 Å². The average molecular weight is 485 g/mol. The smallest absolute Gasteiger partial charge is 0.274 e. The molecular formula is C24H25ClN4O3S. The lowest BCUT2D eigenvalue weighted by atomic mass is 9.96. The Balaban J connectivity index is 1.53. The van der Waals surface area contributed by atoms with Gasteiger partial charge in [-0.2, -0.15) is 5.10 Å². The van der Waals surface area contributed by atoms with Gasteiger partial charge >= 0.3 is 0 Å². The van der Waals surface area contributed by atoms with Crippen molar-refractivity contribution in [1.29, 1.82) is 0 Å². The number of hydrogen-bond acceptors (Lipinski definition) is 5. The number of benzene rings is 1. The number of piperidine rings is 1. The summed E-state index contributed by atoms with van der Waals surface area (Å²) in [5.41, 5.74) is 2.93. The van der Waals surface area contributed by atoms with Gasteiger partial charge in [0.05, 0.1) is 29.3 Å². The highest BCUT2D eigenvalue weighted by Gasteiger charge is 2.34. The van der Waals surface area contributed by atoms with Crippen LogP contribution in [0.15, 0.2) is 54.9 Å². The lowest BCUT2D eigenvalue weighted by Crippen LogP contribution is -2.38. The van der Waals surface area contributed by atoms with Crippen molar-refractivity contribution in [3.8, 4) is 11.3 Å². The van der Waals surface area contributed by atoms with Gasteiger partial charge in [-0.1, -0.05) is 29.8 Å². The zero-order chi connectivity index (χ0) is 23.0. The molecule has 2 aliphatic rings. The maximum atomic E-state index is 13.7. The number of hydrogen-bond donors (Lipinski definition) is 0. The molecule has 0 aliphatic carbocycles. The Morgan fingerprint density at radius 1 is 1.09 bits per heavy atom. The van der Waals surface area contributed by atoms with E-state index in [0.717, 1.165) is 36.1 Å². The molecule has 9 heteroatoms. The molecule has 3 aromatic rings. The van der Waals surface area contributed by atoms with Crippen molar-refractivity contribution >= 4 is 27.3 Å². The van der Waals surface area contributed by atoms with Crippen molar-refractivity contribution in [2.45, 2.75) is 37.8 Å². The number of amides is 1. The van der Waals surface area contributed by atoms with E-state index in [4.69, 9.17) is 11.6 Å². The van der Waals surface area contributed by atoms with Gasteiger partial charge in [-0.25, -0.2) is 8.42 Å². The number of aromatic nitrogens is 3. The molecule has 2 aliphatic heterocycles. The molecule has 1 aromatic carbocycles. The third kappa shape index (κ3) is 4.54. The predicted molar refractivity (Wildman–Crippen MR) is 127 cm³/mol. The molecule has 4 heterocycles. The van der Waals surface area contributed by atoms with Gasteiger partial charge in [0.25, 0.3) is 5.91 Å². The number of pyridine rings is 1. The van der Waals surface area contributed by atoms with E-state index in [1.165, 1.54) is 0 Å². The van der Waals surface area contributed by atoms with Gasteiger partial charge in [0, 0.05) is 24.0 Å². The molecule has 0 bridgehead atoms. The fraction of sp³-hybridized carbons (Fsp3) is 0.375. The Bertz CT molecular complexity index is 1260. The molecule has 2 aromatic heterocycles. The molecule has 0 saturated carbocycles. The molecule has 0 N–H and O–H groups in total. The Morgan fingerprint density at radius 3 is 2.61 bits per heavy atom. The molecule has 5 rings (SSSR count). The van der Waals surface area contributed by atoms with Crippen LogP contribution in [0.2, 0.25) is 5.02 Å². The van der Waals surface area contributed by atoms with Gasteiger partial charge < -0.3 is 4.90 Å². The Hall–Kier alpha value is -2.71. The van der Waals surface area contributed by atoms with E-state index in [0.29, 0.717) is 23.7 Å². The SMILES string of the molecule is O=C(c1cc(-c2ccc(Cl)cc2)n(C2CCS(=O)(=O)C2)n1)N1CCCC[C@H]1c1cccnc1. The molecule has 7 nitrogen and oxygen atoms in total. The zero-order valence-corrected chi connectivity index (χ0v) is 19.7. The van der Waals surface area contributed by atoms with Crippen molar-refractivity contribution in [2.75, 3.05) is 18.1 Å². The van der Waals surface area contributed by atoms with Crippen molar-refractivity contribution in [3.63, 3.8) is 0 Å². The van der Waals surface area contributed by atoms with Crippen LogP contribution in [0, 0.1) is 0 Å². The molecule has 2 fully saturated rings. The van der Waals surface area contributed by atoms with E-state index in [-0.39, 0.29) is 29.5 Å². The van der Waals surface area contributed by atoms with E-state index in [2.05, 4.69) is 10.1 Å². The van der Waals surface area contributed by atoms with Gasteiger partial charge in [0.2, 0.25) is 0 Å². The Labute approximate surface area is 198 Å². The largest absolute Gasteiger partial charge is 0.330 e. The number of rotatable bonds is 4. The van der Waals surface area contributed by atoms with Crippen molar-refractivity contribution in [2.24, 2.45) is 0 Å². The van der Waals surface area contributed by atoms with Crippen LogP contribution in [-0.2, 0) is 9.84 Å². The van der Waals surface area contributed by atoms with Crippen LogP contribution < -0.4 is 0 Å². The highest BCUT2D eigenvalue weighted by atomic mass is 35.5. The van der Waals surface area contributed by atoms with Gasteiger partial charge in [0.1, 0.15) is 0 Å². The third-order valence-corrected chi connectivity index (χ3v) is 8.48. The third-order valence-electron chi connectivity index (χ3n) is 6.48. The van der Waals surface area contributed by atoms with Crippen molar-refractivity contribution in [1.82, 2.24) is 19.7 Å². The molecular weight excluding hydrogens is 460 g/mol. The second-order valence-corrected chi connectivity index (χ2v) is 11.4. The fourth-order valence-corrected chi connectivity index (χ4v) is 6.64. The molecule has 1 amide bonds. The summed E-state index contributed by atoms with van der Waals surface area (Å²) >= 11 is 6.07. The Kier molecular flexibility index (Phi) is 5.97. The first-order valence-electron chi connectivity index (χ1n) is 11.2. The molecule has 1 unspecified atom stereocenters. The number of carbonyl (C=O) groups excluding carboxylic acids is 1. The number of carbonyl (C=O) groups is 1. The number of likely N-dealkylation sites (tertiary alicyclic amines) is 1. The van der Waals surface area contributed by atoms with Crippen LogP contribution in [0.4, 0.5) is 0 Å². The topological polar surface area (TPSA) is 85.2 Å². The first kappa shape index (κ1) is 22.1. The van der Waals surface area contributed by atoms with E-state index in [1.54, 1.807) is 29.1 Å². The minimum Gasteiger partial charge on any atom is -0.330 e. The molecule has 0 spiro atoms. The molecule has 33 heavy (non-hydrogen) atoms. The minimum absolute atomic E-state index is 0.0327. The second kappa shape index (κ2) is 8.91. The first-order chi connectivity index (χ1) is 15.9.